The third-order valence-electron chi connectivity index (χ3n) is 3.75. The molecule has 0 spiro atoms. The minimum Gasteiger partial charge on any atom is -0.323 e. The van der Waals surface area contributed by atoms with Gasteiger partial charge in [0.1, 0.15) is 0 Å². The smallest absolute Gasteiger partial charge is 0.323 e. The minimum absolute atomic E-state index is 0.267. The van der Waals surface area contributed by atoms with E-state index >= 15 is 0 Å². The average Bonchev–Trinajstić information content (AvgIpc) is 2.45. The van der Waals surface area contributed by atoms with Gasteiger partial charge < -0.3 is 9.79 Å². The molecule has 0 fully saturated rings. The maximum Gasteiger partial charge on any atom is 0.346 e. The lowest BCUT2D eigenvalue weighted by molar-refractivity contribution is 0.360. The van der Waals surface area contributed by atoms with Gasteiger partial charge in [0.15, 0.2) is 4.99 Å². The fourth-order valence-electron chi connectivity index (χ4n) is 2.45. The molecule has 24 heavy (non-hydrogen) atoms. The van der Waals surface area contributed by atoms with Gasteiger partial charge in [-0.1, -0.05) is 42.0 Å². The lowest BCUT2D eigenvalue weighted by Gasteiger charge is -2.14. The maximum atomic E-state index is 11.1. The largest absolute Gasteiger partial charge is 0.346 e. The van der Waals surface area contributed by atoms with E-state index in [2.05, 4.69) is 12.1 Å². The van der Waals surface area contributed by atoms with E-state index in [0.29, 0.717) is 6.42 Å². The van der Waals surface area contributed by atoms with E-state index in [1.165, 1.54) is 5.56 Å². The normalized spacial score (nSPS) is 14.6. The van der Waals surface area contributed by atoms with Gasteiger partial charge in [0.2, 0.25) is 0 Å². The Morgan fingerprint density at radius 3 is 2.38 bits per heavy atom. The van der Waals surface area contributed by atoms with Crippen LogP contribution in [0.4, 0.5) is 0 Å². The van der Waals surface area contributed by atoms with Gasteiger partial charge in [0.25, 0.3) is 10.1 Å². The van der Waals surface area contributed by atoms with Crippen molar-refractivity contribution in [1.29, 1.82) is 0 Å². The summed E-state index contributed by atoms with van der Waals surface area (Å²) in [6.07, 6.45) is 5.38. The molecule has 3 N–H and O–H groups in total. The molecule has 0 saturated carbocycles. The van der Waals surface area contributed by atoms with Crippen molar-refractivity contribution >= 4 is 17.7 Å². The van der Waals surface area contributed by atoms with Gasteiger partial charge in [-0.2, -0.15) is 8.42 Å². The number of rotatable bonds is 10. The van der Waals surface area contributed by atoms with Crippen molar-refractivity contribution < 1.29 is 27.3 Å². The summed E-state index contributed by atoms with van der Waals surface area (Å²) in [5.41, 5.74) is 2.44. The third-order valence-corrected chi connectivity index (χ3v) is 7.30. The van der Waals surface area contributed by atoms with E-state index in [4.69, 9.17) is 14.3 Å². The number of aryl methyl sites for hydroxylation is 1. The fraction of sp³-hybridized carbons (Fsp3) is 0.500. The van der Waals surface area contributed by atoms with Gasteiger partial charge in [0.05, 0.1) is 0 Å². The summed E-state index contributed by atoms with van der Waals surface area (Å²) in [6.45, 7) is 1.98. The molecule has 1 atom stereocenters. The standard InChI is InChI=1S/C16H25O6PS/c1-14(9-7-12-15-10-3-2-4-11-15)8-5-6-13-16(23(17,18)19)24(20,21)22/h2-4,8,10-11,16H,5-7,9,12-13H2,1H3,(H2,17,18,19)(H,20,21,22)/b14-8+. The van der Waals surface area contributed by atoms with Crippen molar-refractivity contribution in [2.75, 3.05) is 0 Å². The number of hydrogen-bond acceptors (Lipinski definition) is 3. The van der Waals surface area contributed by atoms with Gasteiger partial charge in [-0.25, -0.2) is 0 Å². The molecule has 0 aliphatic heterocycles. The molecule has 0 radical (unpaired) electrons. The molecule has 0 amide bonds. The molecule has 1 aromatic rings. The van der Waals surface area contributed by atoms with Crippen LogP contribution in [0.5, 0.6) is 0 Å². The number of unbranched alkanes of at least 4 members (excludes halogenated alkanes) is 1. The van der Waals surface area contributed by atoms with Crippen LogP contribution >= 0.6 is 7.60 Å². The summed E-state index contributed by atoms with van der Waals surface area (Å²) in [5.74, 6) is 0. The van der Waals surface area contributed by atoms with Gasteiger partial charge in [-0.05, 0) is 51.0 Å². The predicted octanol–water partition coefficient (Wildman–Crippen LogP) is 3.52. The van der Waals surface area contributed by atoms with Crippen LogP contribution in [0.2, 0.25) is 0 Å². The van der Waals surface area contributed by atoms with Gasteiger partial charge in [0, 0.05) is 0 Å². The van der Waals surface area contributed by atoms with E-state index in [1.807, 2.05) is 31.2 Å². The van der Waals surface area contributed by atoms with Crippen molar-refractivity contribution in [2.24, 2.45) is 0 Å². The number of benzene rings is 1. The SMILES string of the molecule is C/C(=C\CCCC(P(=O)(O)O)S(=O)(=O)O)CCCc1ccccc1. The van der Waals surface area contributed by atoms with E-state index in [1.54, 1.807) is 0 Å². The lowest BCUT2D eigenvalue weighted by atomic mass is 10.0. The first-order valence-electron chi connectivity index (χ1n) is 7.82. The topological polar surface area (TPSA) is 112 Å². The van der Waals surface area contributed by atoms with Crippen LogP contribution in [0.1, 0.15) is 44.6 Å². The highest BCUT2D eigenvalue weighted by atomic mass is 32.2. The summed E-state index contributed by atoms with van der Waals surface area (Å²) in [6, 6.07) is 10.1. The van der Waals surface area contributed by atoms with Crippen LogP contribution in [0.3, 0.4) is 0 Å². The first kappa shape index (κ1) is 21.1. The fourth-order valence-corrected chi connectivity index (χ4v) is 4.82. The molecule has 136 valence electrons. The monoisotopic (exact) mass is 376 g/mol. The van der Waals surface area contributed by atoms with Crippen molar-refractivity contribution in [3.05, 3.63) is 47.5 Å². The van der Waals surface area contributed by atoms with Crippen LogP contribution in [-0.4, -0.2) is 27.7 Å². The summed E-state index contributed by atoms with van der Waals surface area (Å²) >= 11 is 0. The third kappa shape index (κ3) is 8.22. The summed E-state index contributed by atoms with van der Waals surface area (Å²) < 4.78 is 42.1. The Kier molecular flexibility index (Phi) is 8.33. The molecule has 0 aliphatic carbocycles. The van der Waals surface area contributed by atoms with E-state index in [0.717, 1.165) is 24.8 Å². The second-order valence-corrected chi connectivity index (χ2v) is 9.63. The molecule has 1 rings (SSSR count). The number of allylic oxidation sites excluding steroid dienone is 2. The van der Waals surface area contributed by atoms with Crippen molar-refractivity contribution in [3.8, 4) is 0 Å². The predicted molar refractivity (Wildman–Crippen MR) is 94.4 cm³/mol. The molecular weight excluding hydrogens is 351 g/mol. The van der Waals surface area contributed by atoms with Crippen LogP contribution in [0.15, 0.2) is 42.0 Å². The molecule has 1 aromatic carbocycles. The molecule has 0 heterocycles. The molecule has 0 aromatic heterocycles. The average molecular weight is 376 g/mol. The Morgan fingerprint density at radius 1 is 1.21 bits per heavy atom. The molecule has 0 bridgehead atoms. The van der Waals surface area contributed by atoms with Gasteiger partial charge in [-0.15, -0.1) is 0 Å². The zero-order valence-electron chi connectivity index (χ0n) is 13.7. The van der Waals surface area contributed by atoms with Crippen LogP contribution in [0, 0.1) is 0 Å². The van der Waals surface area contributed by atoms with Crippen molar-refractivity contribution in [3.63, 3.8) is 0 Å². The second-order valence-electron chi connectivity index (χ2n) is 5.88. The molecule has 8 heteroatoms. The van der Waals surface area contributed by atoms with Crippen molar-refractivity contribution in [1.82, 2.24) is 0 Å². The Balaban J connectivity index is 2.36. The molecular formula is C16H25O6PS. The molecule has 1 unspecified atom stereocenters. The molecule has 0 saturated heterocycles. The summed E-state index contributed by atoms with van der Waals surface area (Å²) in [4.78, 5) is 16.0. The molecule has 0 aliphatic rings. The second kappa shape index (κ2) is 9.49. The zero-order chi connectivity index (χ0) is 18.2. The quantitative estimate of drug-likeness (QED) is 0.249. The zero-order valence-corrected chi connectivity index (χ0v) is 15.4. The minimum atomic E-state index is -4.87. The summed E-state index contributed by atoms with van der Waals surface area (Å²) in [5, 5.41) is 0. The Bertz CT molecular complexity index is 678. The van der Waals surface area contributed by atoms with Gasteiger partial charge >= 0.3 is 7.60 Å². The first-order valence-corrected chi connectivity index (χ1v) is 11.0. The summed E-state index contributed by atoms with van der Waals surface area (Å²) in [7, 11) is -9.62. The Morgan fingerprint density at radius 2 is 1.83 bits per heavy atom. The molecule has 6 nitrogen and oxygen atoms in total. The highest BCUT2D eigenvalue weighted by molar-refractivity contribution is 7.93. The maximum absolute atomic E-state index is 11.1. The lowest BCUT2D eigenvalue weighted by Crippen LogP contribution is -2.20. The first-order chi connectivity index (χ1) is 11.1. The van der Waals surface area contributed by atoms with Crippen molar-refractivity contribution in [2.45, 2.75) is 50.4 Å². The highest BCUT2D eigenvalue weighted by Gasteiger charge is 2.38. The Hall–Kier alpha value is -0.980. The Labute approximate surface area is 143 Å². The van der Waals surface area contributed by atoms with Crippen LogP contribution < -0.4 is 0 Å². The number of hydrogen-bond donors (Lipinski definition) is 3. The van der Waals surface area contributed by atoms with Crippen LogP contribution in [0.25, 0.3) is 0 Å². The van der Waals surface area contributed by atoms with E-state index in [9.17, 15) is 13.0 Å². The van der Waals surface area contributed by atoms with Gasteiger partial charge in [-0.3, -0.25) is 9.12 Å². The van der Waals surface area contributed by atoms with Crippen LogP contribution in [-0.2, 0) is 21.1 Å². The highest BCUT2D eigenvalue weighted by Crippen LogP contribution is 2.46. The van der Waals surface area contributed by atoms with E-state index < -0.39 is 22.7 Å². The van der Waals surface area contributed by atoms with E-state index in [-0.39, 0.29) is 12.8 Å².